The predicted octanol–water partition coefficient (Wildman–Crippen LogP) is 5.51. The summed E-state index contributed by atoms with van der Waals surface area (Å²) in [4.78, 5) is 67.4. The lowest BCUT2D eigenvalue weighted by Crippen LogP contribution is -2.80. The monoisotopic (exact) mass is 885 g/mol. The van der Waals surface area contributed by atoms with Gasteiger partial charge in [-0.2, -0.15) is 0 Å². The molecule has 2 heterocycles. The highest BCUT2D eigenvalue weighted by Gasteiger charge is 2.75. The van der Waals surface area contributed by atoms with Gasteiger partial charge in [-0.3, -0.25) is 9.59 Å². The summed E-state index contributed by atoms with van der Waals surface area (Å²) >= 11 is 0. The largest absolute Gasteiger partial charge is 0.458 e. The van der Waals surface area contributed by atoms with E-state index in [9.17, 15) is 34.2 Å². The molecule has 1 aromatic carbocycles. The molecule has 0 radical (unpaired) electrons. The highest BCUT2D eigenvalue weighted by atomic mass is 16.7. The Labute approximate surface area is 370 Å². The van der Waals surface area contributed by atoms with E-state index in [1.165, 1.54) is 19.9 Å². The van der Waals surface area contributed by atoms with Crippen molar-refractivity contribution in [2.45, 2.75) is 168 Å². The molecule has 5 rings (SSSR count). The van der Waals surface area contributed by atoms with Crippen molar-refractivity contribution in [3.8, 4) is 0 Å². The fourth-order valence-electron chi connectivity index (χ4n) is 10.3. The van der Waals surface area contributed by atoms with Crippen LogP contribution in [0.4, 0.5) is 4.79 Å². The van der Waals surface area contributed by atoms with E-state index >= 15 is 0 Å². The molecule has 4 fully saturated rings. The minimum absolute atomic E-state index is 0.0148. The van der Waals surface area contributed by atoms with Crippen molar-refractivity contribution >= 4 is 30.0 Å². The number of hydrogen-bond donors (Lipinski definition) is 3. The Kier molecular flexibility index (Phi) is 15.3. The molecule has 0 spiro atoms. The number of benzene rings is 1. The average Bonchev–Trinajstić information content (AvgIpc) is 3.16. The number of aliphatic hydroxyl groups excluding tert-OH is 2. The number of carbonyl (C=O) groups excluding carboxylic acids is 5. The fraction of sp³-hybridized carbons (Fsp3) is 0.681. The van der Waals surface area contributed by atoms with Gasteiger partial charge in [0.1, 0.15) is 30.0 Å². The van der Waals surface area contributed by atoms with E-state index in [2.05, 4.69) is 11.9 Å². The third kappa shape index (κ3) is 10.6. The lowest BCUT2D eigenvalue weighted by Gasteiger charge is -2.68. The maximum Gasteiger partial charge on any atom is 0.407 e. The molecule has 2 saturated heterocycles. The van der Waals surface area contributed by atoms with Crippen LogP contribution >= 0.6 is 0 Å². The van der Waals surface area contributed by atoms with E-state index in [0.717, 1.165) is 0 Å². The molecule has 16 nitrogen and oxygen atoms in total. The third-order valence-electron chi connectivity index (χ3n) is 12.6. The van der Waals surface area contributed by atoms with Crippen molar-refractivity contribution in [1.82, 2.24) is 5.32 Å². The number of carbonyl (C=O) groups is 5. The minimum Gasteiger partial charge on any atom is -0.458 e. The van der Waals surface area contributed by atoms with Crippen LogP contribution in [0.1, 0.15) is 112 Å². The maximum atomic E-state index is 14.2. The smallest absolute Gasteiger partial charge is 0.407 e. The average molecular weight is 886 g/mol. The normalized spacial score (nSPS) is 32.0. The summed E-state index contributed by atoms with van der Waals surface area (Å²) in [5, 5.41) is 24.6. The molecule has 63 heavy (non-hydrogen) atoms. The molecule has 2 aliphatic carbocycles. The van der Waals surface area contributed by atoms with Crippen LogP contribution in [-0.2, 0) is 52.3 Å². The molecule has 2 saturated carbocycles. The zero-order valence-corrected chi connectivity index (χ0v) is 38.5. The van der Waals surface area contributed by atoms with Crippen LogP contribution in [0.25, 0.3) is 0 Å². The summed E-state index contributed by atoms with van der Waals surface area (Å²) in [6.07, 6.45) is -7.83. The number of nitrogens with one attached hydrogen (secondary N) is 1. The first kappa shape index (κ1) is 49.7. The third-order valence-corrected chi connectivity index (χ3v) is 12.6. The first-order valence-corrected chi connectivity index (χ1v) is 21.8. The summed E-state index contributed by atoms with van der Waals surface area (Å²) < 4.78 is 50.1. The second kappa shape index (κ2) is 19.4. The second-order valence-electron chi connectivity index (χ2n) is 19.5. The summed E-state index contributed by atoms with van der Waals surface area (Å²) in [5.74, 6) is -3.87. The number of hydrogen-bond acceptors (Lipinski definition) is 15. The van der Waals surface area contributed by atoms with Crippen LogP contribution < -0.4 is 5.32 Å². The van der Waals surface area contributed by atoms with E-state index in [0.29, 0.717) is 11.1 Å². The van der Waals surface area contributed by atoms with Gasteiger partial charge in [-0.1, -0.05) is 59.4 Å². The first-order chi connectivity index (χ1) is 29.4. The summed E-state index contributed by atoms with van der Waals surface area (Å²) in [6.45, 7) is 22.1. The van der Waals surface area contributed by atoms with Crippen molar-refractivity contribution in [2.24, 2.45) is 22.7 Å². The van der Waals surface area contributed by atoms with E-state index in [1.54, 1.807) is 58.0 Å². The quantitative estimate of drug-likeness (QED) is 0.120. The molecule has 1 amide bonds. The van der Waals surface area contributed by atoms with Crippen molar-refractivity contribution in [3.63, 3.8) is 0 Å². The topological polar surface area (TPSA) is 212 Å². The molecule has 0 bridgehead atoms. The van der Waals surface area contributed by atoms with Crippen LogP contribution in [-0.4, -0.2) is 120 Å². The van der Waals surface area contributed by atoms with Gasteiger partial charge in [0.2, 0.25) is 0 Å². The molecule has 0 aromatic heterocycles. The molecule has 2 unspecified atom stereocenters. The summed E-state index contributed by atoms with van der Waals surface area (Å²) in [7, 11) is 0. The van der Waals surface area contributed by atoms with Gasteiger partial charge in [-0.05, 0) is 81.2 Å². The van der Waals surface area contributed by atoms with E-state index in [1.807, 2.05) is 34.6 Å². The van der Waals surface area contributed by atoms with Crippen LogP contribution in [0.15, 0.2) is 54.1 Å². The van der Waals surface area contributed by atoms with Gasteiger partial charge in [0.25, 0.3) is 0 Å². The van der Waals surface area contributed by atoms with Gasteiger partial charge in [0.15, 0.2) is 24.1 Å². The predicted molar refractivity (Wildman–Crippen MR) is 227 cm³/mol. The molecule has 2 aliphatic heterocycles. The Bertz CT molecular complexity index is 1890. The van der Waals surface area contributed by atoms with Crippen LogP contribution in [0, 0.1) is 22.7 Å². The van der Waals surface area contributed by atoms with Crippen molar-refractivity contribution in [3.05, 3.63) is 59.7 Å². The Balaban J connectivity index is 1.70. The van der Waals surface area contributed by atoms with Gasteiger partial charge in [0, 0.05) is 38.7 Å². The molecule has 4 aliphatic rings. The second-order valence-corrected chi connectivity index (χ2v) is 19.5. The maximum absolute atomic E-state index is 14.2. The fourth-order valence-corrected chi connectivity index (χ4v) is 10.3. The molecule has 16 heteroatoms. The van der Waals surface area contributed by atoms with Crippen molar-refractivity contribution < 1.29 is 72.1 Å². The number of esters is 4. The standard InChI is InChI=1S/C47H67NO15/c1-13-35-60-33-22-34-47(24-56-34,62-28(6)51)39-32(59-41(53)29-17-15-14-16-18-29)23-45(10,11)36(38(57-27(5)50)40(61-35)46(33,39)12)26(4)31(19-20-49)58-42(54)37(52)30(21-25(2)3)48-43(55)63-44(7,8)9/h13-18,25,30-35,37-40,49,52H,1,19-24H2,2-12H3,(H,48,55)/b36-26-/t30?,31-,32+,33-,34+,35?,37+,38-,39-,40-,46+,47-/m0/s1. The lowest BCUT2D eigenvalue weighted by atomic mass is 9.48. The van der Waals surface area contributed by atoms with Crippen LogP contribution in [0.3, 0.4) is 0 Å². The number of ether oxygens (including phenoxy) is 8. The zero-order valence-electron chi connectivity index (χ0n) is 38.5. The molecular weight excluding hydrogens is 819 g/mol. The summed E-state index contributed by atoms with van der Waals surface area (Å²) in [5.41, 5.74) is -3.44. The zero-order chi connectivity index (χ0) is 46.8. The van der Waals surface area contributed by atoms with Gasteiger partial charge >= 0.3 is 30.0 Å². The Hall–Kier alpha value is -4.35. The Morgan fingerprint density at radius 1 is 0.984 bits per heavy atom. The van der Waals surface area contributed by atoms with Crippen molar-refractivity contribution in [2.75, 3.05) is 13.2 Å². The van der Waals surface area contributed by atoms with E-state index in [-0.39, 0.29) is 43.8 Å². The van der Waals surface area contributed by atoms with Gasteiger partial charge < -0.3 is 53.4 Å². The van der Waals surface area contributed by atoms with Gasteiger partial charge in [-0.15, -0.1) is 0 Å². The number of alkyl carbamates (subject to hydrolysis) is 1. The Morgan fingerprint density at radius 3 is 2.19 bits per heavy atom. The highest BCUT2D eigenvalue weighted by molar-refractivity contribution is 5.89. The lowest BCUT2D eigenvalue weighted by molar-refractivity contribution is -0.395. The number of aliphatic hydroxyl groups is 2. The van der Waals surface area contributed by atoms with E-state index in [4.69, 9.17) is 37.9 Å². The molecule has 3 N–H and O–H groups in total. The van der Waals surface area contributed by atoms with Gasteiger partial charge in [-0.25, -0.2) is 14.4 Å². The summed E-state index contributed by atoms with van der Waals surface area (Å²) in [6, 6.07) is 7.37. The Morgan fingerprint density at radius 2 is 1.65 bits per heavy atom. The van der Waals surface area contributed by atoms with Crippen LogP contribution in [0.5, 0.6) is 0 Å². The highest BCUT2D eigenvalue weighted by Crippen LogP contribution is 2.64. The molecule has 350 valence electrons. The number of fused-ring (bicyclic) bond motifs is 2. The number of rotatable bonds is 14. The minimum atomic E-state index is -1.85. The molecular formula is C47H67NO15. The SMILES string of the molecule is C=CC1O[C@H]2C[C@H]3OC[C@@]3(OC(C)=O)[C@H]3[C@H](OC(=O)c4ccccc4)CC(C)(C)/C(=C(/C)[C@H](CCO)OC(=O)[C@H](O)C(CC(C)C)NC(=O)OC(C)(C)C)[C@H](OC(C)=O)[C@H](O1)[C@]23C. The first-order valence-electron chi connectivity index (χ1n) is 21.8. The van der Waals surface area contributed by atoms with Crippen LogP contribution in [0.2, 0.25) is 0 Å². The molecule has 1 aromatic rings. The van der Waals surface area contributed by atoms with Crippen molar-refractivity contribution in [1.29, 1.82) is 0 Å². The number of amides is 1. The van der Waals surface area contributed by atoms with E-state index < -0.39 is 120 Å². The van der Waals surface area contributed by atoms with Gasteiger partial charge in [0.05, 0.1) is 30.2 Å². The molecule has 12 atom stereocenters.